The quantitative estimate of drug-likeness (QED) is 0.498. The molecule has 0 unspecified atom stereocenters. The number of amides is 2. The second-order valence-corrected chi connectivity index (χ2v) is 2.86. The molecule has 1 fully saturated rings. The fourth-order valence-corrected chi connectivity index (χ4v) is 0.882. The van der Waals surface area contributed by atoms with Crippen molar-refractivity contribution in [2.24, 2.45) is 0 Å². The Labute approximate surface area is 58.8 Å². The summed E-state index contributed by atoms with van der Waals surface area (Å²) in [6.45, 7) is 3.86. The Kier molecular flexibility index (Phi) is 1.39. The Morgan fingerprint density at radius 2 is 2.30 bits per heavy atom. The summed E-state index contributed by atoms with van der Waals surface area (Å²) in [5.74, 6) is 0. The van der Waals surface area contributed by atoms with E-state index in [9.17, 15) is 9.59 Å². The van der Waals surface area contributed by atoms with Crippen LogP contribution in [0.25, 0.3) is 0 Å². The number of rotatable bonds is 1. The molecule has 0 atom stereocenters. The SMILES string of the molecule is CC1(C)CN(C=O)C(=O)O1. The lowest BCUT2D eigenvalue weighted by molar-refractivity contribution is -0.115. The van der Waals surface area contributed by atoms with Gasteiger partial charge in [-0.25, -0.2) is 9.69 Å². The highest BCUT2D eigenvalue weighted by molar-refractivity contribution is 5.82. The van der Waals surface area contributed by atoms with Crippen LogP contribution in [0.5, 0.6) is 0 Å². The van der Waals surface area contributed by atoms with E-state index in [0.717, 1.165) is 4.90 Å². The average molecular weight is 143 g/mol. The molecule has 1 aliphatic heterocycles. The maximum Gasteiger partial charge on any atom is 0.417 e. The van der Waals surface area contributed by atoms with Gasteiger partial charge >= 0.3 is 6.09 Å². The molecule has 0 saturated carbocycles. The van der Waals surface area contributed by atoms with E-state index in [1.165, 1.54) is 0 Å². The molecule has 4 nitrogen and oxygen atoms in total. The number of ether oxygens (including phenoxy) is 1. The Balaban J connectivity index is 2.70. The van der Waals surface area contributed by atoms with E-state index < -0.39 is 11.7 Å². The maximum absolute atomic E-state index is 10.7. The van der Waals surface area contributed by atoms with E-state index >= 15 is 0 Å². The van der Waals surface area contributed by atoms with Crippen molar-refractivity contribution >= 4 is 12.5 Å². The molecule has 56 valence electrons. The first-order valence-corrected chi connectivity index (χ1v) is 3.00. The van der Waals surface area contributed by atoms with Crippen LogP contribution in [-0.4, -0.2) is 29.5 Å². The topological polar surface area (TPSA) is 46.6 Å². The van der Waals surface area contributed by atoms with Crippen molar-refractivity contribution in [3.8, 4) is 0 Å². The van der Waals surface area contributed by atoms with Crippen molar-refractivity contribution in [1.29, 1.82) is 0 Å². The van der Waals surface area contributed by atoms with Gasteiger partial charge < -0.3 is 4.74 Å². The van der Waals surface area contributed by atoms with E-state index in [2.05, 4.69) is 0 Å². The van der Waals surface area contributed by atoms with Crippen molar-refractivity contribution in [3.63, 3.8) is 0 Å². The molecule has 0 spiro atoms. The highest BCUT2D eigenvalue weighted by Crippen LogP contribution is 2.19. The molecule has 1 heterocycles. The molecule has 1 rings (SSSR count). The minimum Gasteiger partial charge on any atom is -0.441 e. The van der Waals surface area contributed by atoms with Crippen molar-refractivity contribution < 1.29 is 14.3 Å². The van der Waals surface area contributed by atoms with Gasteiger partial charge in [0.15, 0.2) is 0 Å². The Morgan fingerprint density at radius 1 is 1.70 bits per heavy atom. The molecule has 0 radical (unpaired) electrons. The normalized spacial score (nSPS) is 22.6. The minimum atomic E-state index is -0.556. The smallest absolute Gasteiger partial charge is 0.417 e. The molecule has 4 heteroatoms. The van der Waals surface area contributed by atoms with Gasteiger partial charge in [-0.3, -0.25) is 4.79 Å². The fraction of sp³-hybridized carbons (Fsp3) is 0.667. The largest absolute Gasteiger partial charge is 0.441 e. The molecule has 0 aromatic carbocycles. The molecule has 0 aromatic heterocycles. The Morgan fingerprint density at radius 3 is 2.50 bits per heavy atom. The van der Waals surface area contributed by atoms with Crippen LogP contribution in [0.15, 0.2) is 0 Å². The molecule has 0 bridgehead atoms. The van der Waals surface area contributed by atoms with Crippen LogP contribution < -0.4 is 0 Å². The van der Waals surface area contributed by atoms with Crippen molar-refractivity contribution in [2.75, 3.05) is 6.54 Å². The van der Waals surface area contributed by atoms with Gasteiger partial charge in [0, 0.05) is 0 Å². The van der Waals surface area contributed by atoms with Crippen LogP contribution in [0.3, 0.4) is 0 Å². The summed E-state index contributed by atoms with van der Waals surface area (Å²) in [5, 5.41) is 0. The van der Waals surface area contributed by atoms with Crippen LogP contribution in [-0.2, 0) is 9.53 Å². The minimum absolute atomic E-state index is 0.343. The predicted molar refractivity (Wildman–Crippen MR) is 33.3 cm³/mol. The monoisotopic (exact) mass is 143 g/mol. The first kappa shape index (κ1) is 7.05. The second-order valence-electron chi connectivity index (χ2n) is 2.86. The zero-order valence-electron chi connectivity index (χ0n) is 5.96. The number of carbonyl (C=O) groups excluding carboxylic acids is 2. The lowest BCUT2D eigenvalue weighted by Crippen LogP contribution is -2.27. The van der Waals surface area contributed by atoms with Crippen molar-refractivity contribution in [1.82, 2.24) is 4.90 Å². The van der Waals surface area contributed by atoms with Gasteiger partial charge in [0.2, 0.25) is 6.41 Å². The molecule has 0 N–H and O–H groups in total. The highest BCUT2D eigenvalue weighted by Gasteiger charge is 2.37. The summed E-state index contributed by atoms with van der Waals surface area (Å²) >= 11 is 0. The van der Waals surface area contributed by atoms with Crippen molar-refractivity contribution in [2.45, 2.75) is 19.4 Å². The predicted octanol–water partition coefficient (Wildman–Crippen LogP) is 0.374. The van der Waals surface area contributed by atoms with E-state index in [0.29, 0.717) is 13.0 Å². The number of hydrogen-bond acceptors (Lipinski definition) is 3. The average Bonchev–Trinajstić information content (AvgIpc) is 2.05. The first-order valence-electron chi connectivity index (χ1n) is 3.00. The van der Waals surface area contributed by atoms with Gasteiger partial charge in [0.05, 0.1) is 6.54 Å². The summed E-state index contributed by atoms with van der Waals surface area (Å²) < 4.78 is 4.81. The van der Waals surface area contributed by atoms with Gasteiger partial charge in [-0.2, -0.15) is 0 Å². The lowest BCUT2D eigenvalue weighted by atomic mass is 10.1. The van der Waals surface area contributed by atoms with Crippen LogP contribution in [0.2, 0.25) is 0 Å². The van der Waals surface area contributed by atoms with Crippen LogP contribution >= 0.6 is 0 Å². The van der Waals surface area contributed by atoms with E-state index in [1.807, 2.05) is 0 Å². The Bertz CT molecular complexity index is 176. The lowest BCUT2D eigenvalue weighted by Gasteiger charge is -2.12. The fourth-order valence-electron chi connectivity index (χ4n) is 0.882. The molecule has 10 heavy (non-hydrogen) atoms. The third-order valence-corrected chi connectivity index (χ3v) is 1.28. The van der Waals surface area contributed by atoms with E-state index in [4.69, 9.17) is 4.74 Å². The third kappa shape index (κ3) is 1.10. The van der Waals surface area contributed by atoms with Gasteiger partial charge in [0.25, 0.3) is 0 Å². The number of carbonyl (C=O) groups is 2. The zero-order chi connectivity index (χ0) is 7.78. The molecule has 1 aliphatic rings. The highest BCUT2D eigenvalue weighted by atomic mass is 16.6. The molecule has 0 aromatic rings. The summed E-state index contributed by atoms with van der Waals surface area (Å²) in [6, 6.07) is 0. The summed E-state index contributed by atoms with van der Waals surface area (Å²) in [7, 11) is 0. The molecule has 2 amide bonds. The number of hydrogen-bond donors (Lipinski definition) is 0. The number of cyclic esters (lactones) is 1. The third-order valence-electron chi connectivity index (χ3n) is 1.28. The number of nitrogens with zero attached hydrogens (tertiary/aromatic N) is 1. The van der Waals surface area contributed by atoms with Gasteiger partial charge in [0.1, 0.15) is 5.60 Å². The first-order chi connectivity index (χ1) is 4.55. The van der Waals surface area contributed by atoms with Crippen LogP contribution in [0, 0.1) is 0 Å². The van der Waals surface area contributed by atoms with Crippen molar-refractivity contribution in [3.05, 3.63) is 0 Å². The molecular formula is C6H9NO3. The molecule has 1 saturated heterocycles. The van der Waals surface area contributed by atoms with Gasteiger partial charge in [-0.05, 0) is 13.8 Å². The molecular weight excluding hydrogens is 134 g/mol. The van der Waals surface area contributed by atoms with E-state index in [1.54, 1.807) is 13.8 Å². The maximum atomic E-state index is 10.7. The van der Waals surface area contributed by atoms with Crippen LogP contribution in [0.1, 0.15) is 13.8 Å². The second kappa shape index (κ2) is 1.97. The molecule has 0 aliphatic carbocycles. The Hall–Kier alpha value is -1.06. The zero-order valence-corrected chi connectivity index (χ0v) is 5.96. The summed E-state index contributed by atoms with van der Waals surface area (Å²) in [4.78, 5) is 21.8. The van der Waals surface area contributed by atoms with Gasteiger partial charge in [-0.15, -0.1) is 0 Å². The summed E-state index contributed by atoms with van der Waals surface area (Å²) in [5.41, 5.74) is -0.516. The van der Waals surface area contributed by atoms with E-state index in [-0.39, 0.29) is 0 Å². The standard InChI is InChI=1S/C6H9NO3/c1-6(2)3-7(4-8)5(9)10-6/h4H,3H2,1-2H3. The summed E-state index contributed by atoms with van der Waals surface area (Å²) in [6.07, 6.45) is -0.0723. The van der Waals surface area contributed by atoms with Crippen LogP contribution in [0.4, 0.5) is 4.79 Å². The number of imide groups is 1. The van der Waals surface area contributed by atoms with Gasteiger partial charge in [-0.1, -0.05) is 0 Å².